The minimum atomic E-state index is -0.152. The summed E-state index contributed by atoms with van der Waals surface area (Å²) >= 11 is 3.58. The summed E-state index contributed by atoms with van der Waals surface area (Å²) in [6, 6.07) is 12.0. The number of para-hydroxylation sites is 1. The predicted molar refractivity (Wildman–Crippen MR) is 88.0 cm³/mol. The van der Waals surface area contributed by atoms with Crippen LogP contribution in [0.4, 0.5) is 0 Å². The molecule has 0 fully saturated rings. The van der Waals surface area contributed by atoms with Crippen LogP contribution in [-0.4, -0.2) is 14.8 Å². The van der Waals surface area contributed by atoms with Gasteiger partial charge in [0.25, 0.3) is 0 Å². The lowest BCUT2D eigenvalue weighted by atomic mass is 10.1. The predicted octanol–water partition coefficient (Wildman–Crippen LogP) is 3.28. The Morgan fingerprint density at radius 1 is 1.24 bits per heavy atom. The van der Waals surface area contributed by atoms with Crippen LogP contribution >= 0.6 is 15.9 Å². The van der Waals surface area contributed by atoms with E-state index < -0.39 is 0 Å². The SMILES string of the molecule is Cc1nn(C)c(CC(N)c2ccc3ccccc3n2)c1Br. The van der Waals surface area contributed by atoms with Crippen LogP contribution in [0.5, 0.6) is 0 Å². The van der Waals surface area contributed by atoms with E-state index in [-0.39, 0.29) is 6.04 Å². The molecular weight excluding hydrogens is 328 g/mol. The molecule has 0 aliphatic rings. The fraction of sp³-hybridized carbons (Fsp3) is 0.250. The molecule has 21 heavy (non-hydrogen) atoms. The molecule has 1 aromatic carbocycles. The number of pyridine rings is 1. The van der Waals surface area contributed by atoms with Crippen molar-refractivity contribution in [3.8, 4) is 0 Å². The summed E-state index contributed by atoms with van der Waals surface area (Å²) in [6.07, 6.45) is 0.698. The Morgan fingerprint density at radius 3 is 2.71 bits per heavy atom. The smallest absolute Gasteiger partial charge is 0.0738 e. The molecule has 108 valence electrons. The molecule has 0 saturated heterocycles. The second kappa shape index (κ2) is 5.58. The third-order valence-electron chi connectivity index (χ3n) is 3.67. The van der Waals surface area contributed by atoms with Crippen molar-refractivity contribution in [1.82, 2.24) is 14.8 Å². The quantitative estimate of drug-likeness (QED) is 0.793. The van der Waals surface area contributed by atoms with E-state index in [2.05, 4.69) is 38.1 Å². The molecule has 0 bridgehead atoms. The van der Waals surface area contributed by atoms with Crippen molar-refractivity contribution in [1.29, 1.82) is 0 Å². The lowest BCUT2D eigenvalue weighted by Gasteiger charge is -2.12. The van der Waals surface area contributed by atoms with Crippen molar-refractivity contribution in [3.63, 3.8) is 0 Å². The van der Waals surface area contributed by atoms with Crippen molar-refractivity contribution in [2.75, 3.05) is 0 Å². The van der Waals surface area contributed by atoms with Gasteiger partial charge in [-0.2, -0.15) is 5.10 Å². The van der Waals surface area contributed by atoms with Crippen LogP contribution in [0, 0.1) is 6.92 Å². The zero-order valence-corrected chi connectivity index (χ0v) is 13.6. The molecule has 0 spiro atoms. The number of fused-ring (bicyclic) bond motifs is 1. The van der Waals surface area contributed by atoms with Gasteiger partial charge in [0.2, 0.25) is 0 Å². The third-order valence-corrected chi connectivity index (χ3v) is 4.71. The normalized spacial score (nSPS) is 12.8. The number of aromatic nitrogens is 3. The van der Waals surface area contributed by atoms with Gasteiger partial charge in [-0.25, -0.2) is 0 Å². The maximum atomic E-state index is 6.34. The van der Waals surface area contributed by atoms with Gasteiger partial charge >= 0.3 is 0 Å². The monoisotopic (exact) mass is 344 g/mol. The molecule has 0 radical (unpaired) electrons. The van der Waals surface area contributed by atoms with E-state index in [1.807, 2.05) is 42.9 Å². The summed E-state index contributed by atoms with van der Waals surface area (Å²) < 4.78 is 2.90. The second-order valence-electron chi connectivity index (χ2n) is 5.21. The first-order chi connectivity index (χ1) is 10.1. The van der Waals surface area contributed by atoms with E-state index in [1.54, 1.807) is 0 Å². The van der Waals surface area contributed by atoms with Gasteiger partial charge in [0.05, 0.1) is 33.1 Å². The number of nitrogens with zero attached hydrogens (tertiary/aromatic N) is 3. The highest BCUT2D eigenvalue weighted by atomic mass is 79.9. The summed E-state index contributed by atoms with van der Waals surface area (Å²) in [6.45, 7) is 1.98. The van der Waals surface area contributed by atoms with Crippen LogP contribution in [0.1, 0.15) is 23.1 Å². The summed E-state index contributed by atoms with van der Waals surface area (Å²) in [5, 5.41) is 5.53. The molecule has 1 unspecified atom stereocenters. The first kappa shape index (κ1) is 14.2. The average Bonchev–Trinajstić information content (AvgIpc) is 2.73. The lowest BCUT2D eigenvalue weighted by molar-refractivity contribution is 0.629. The van der Waals surface area contributed by atoms with E-state index in [0.29, 0.717) is 6.42 Å². The van der Waals surface area contributed by atoms with Gasteiger partial charge < -0.3 is 5.73 Å². The maximum absolute atomic E-state index is 6.34. The molecule has 0 aliphatic heterocycles. The minimum Gasteiger partial charge on any atom is -0.322 e. The van der Waals surface area contributed by atoms with Crippen LogP contribution in [-0.2, 0) is 13.5 Å². The number of hydrogen-bond donors (Lipinski definition) is 1. The number of aryl methyl sites for hydroxylation is 2. The van der Waals surface area contributed by atoms with E-state index >= 15 is 0 Å². The third kappa shape index (κ3) is 2.71. The van der Waals surface area contributed by atoms with Crippen molar-refractivity contribution < 1.29 is 0 Å². The molecule has 2 aromatic heterocycles. The zero-order valence-electron chi connectivity index (χ0n) is 12.0. The number of hydrogen-bond acceptors (Lipinski definition) is 3. The van der Waals surface area contributed by atoms with Crippen LogP contribution in [0.15, 0.2) is 40.9 Å². The number of halogens is 1. The van der Waals surface area contributed by atoms with Crippen molar-refractivity contribution in [2.24, 2.45) is 12.8 Å². The first-order valence-electron chi connectivity index (χ1n) is 6.85. The number of nitrogens with two attached hydrogens (primary N) is 1. The molecule has 3 aromatic rings. The Hall–Kier alpha value is -1.72. The van der Waals surface area contributed by atoms with E-state index in [9.17, 15) is 0 Å². The van der Waals surface area contributed by atoms with Gasteiger partial charge in [-0.1, -0.05) is 24.3 Å². The summed E-state index contributed by atoms with van der Waals surface area (Å²) in [5.41, 5.74) is 10.3. The van der Waals surface area contributed by atoms with Crippen LogP contribution < -0.4 is 5.73 Å². The first-order valence-corrected chi connectivity index (χ1v) is 7.65. The molecular formula is C16H17BrN4. The Labute approximate surface area is 132 Å². The highest BCUT2D eigenvalue weighted by Gasteiger charge is 2.16. The molecule has 5 heteroatoms. The molecule has 4 nitrogen and oxygen atoms in total. The van der Waals surface area contributed by atoms with E-state index in [0.717, 1.165) is 32.5 Å². The van der Waals surface area contributed by atoms with Crippen LogP contribution in [0.25, 0.3) is 10.9 Å². The van der Waals surface area contributed by atoms with E-state index in [4.69, 9.17) is 5.73 Å². The average molecular weight is 345 g/mol. The number of benzene rings is 1. The summed E-state index contributed by atoms with van der Waals surface area (Å²) in [4.78, 5) is 4.67. The van der Waals surface area contributed by atoms with Gasteiger partial charge in [0.1, 0.15) is 0 Å². The largest absolute Gasteiger partial charge is 0.322 e. The fourth-order valence-corrected chi connectivity index (χ4v) is 3.00. The Morgan fingerprint density at radius 2 is 2.00 bits per heavy atom. The van der Waals surface area contributed by atoms with Gasteiger partial charge in [0.15, 0.2) is 0 Å². The van der Waals surface area contributed by atoms with Crippen molar-refractivity contribution in [3.05, 3.63) is 58.0 Å². The fourth-order valence-electron chi connectivity index (χ4n) is 2.50. The summed E-state index contributed by atoms with van der Waals surface area (Å²) in [5.74, 6) is 0. The highest BCUT2D eigenvalue weighted by molar-refractivity contribution is 9.10. The van der Waals surface area contributed by atoms with Gasteiger partial charge in [0, 0.05) is 18.9 Å². The molecule has 2 heterocycles. The molecule has 3 rings (SSSR count). The van der Waals surface area contributed by atoms with Crippen LogP contribution in [0.3, 0.4) is 0 Å². The Kier molecular flexibility index (Phi) is 3.78. The minimum absolute atomic E-state index is 0.152. The maximum Gasteiger partial charge on any atom is 0.0738 e. The standard InChI is InChI=1S/C16H17BrN4/c1-10-16(17)15(21(2)20-10)9-12(18)14-8-7-11-5-3-4-6-13(11)19-14/h3-8,12H,9,18H2,1-2H3. The molecule has 0 amide bonds. The zero-order chi connectivity index (χ0) is 15.0. The Bertz CT molecular complexity index is 794. The van der Waals surface area contributed by atoms with Crippen LogP contribution in [0.2, 0.25) is 0 Å². The second-order valence-corrected chi connectivity index (χ2v) is 6.00. The summed E-state index contributed by atoms with van der Waals surface area (Å²) in [7, 11) is 1.94. The molecule has 2 N–H and O–H groups in total. The van der Waals surface area contributed by atoms with Crippen molar-refractivity contribution in [2.45, 2.75) is 19.4 Å². The lowest BCUT2D eigenvalue weighted by Crippen LogP contribution is -2.17. The molecule has 1 atom stereocenters. The molecule has 0 aliphatic carbocycles. The topological polar surface area (TPSA) is 56.7 Å². The Balaban J connectivity index is 1.91. The van der Waals surface area contributed by atoms with Gasteiger partial charge in [-0.05, 0) is 35.0 Å². The van der Waals surface area contributed by atoms with Gasteiger partial charge in [-0.15, -0.1) is 0 Å². The molecule has 0 saturated carbocycles. The highest BCUT2D eigenvalue weighted by Crippen LogP contribution is 2.25. The van der Waals surface area contributed by atoms with E-state index in [1.165, 1.54) is 0 Å². The van der Waals surface area contributed by atoms with Crippen molar-refractivity contribution >= 4 is 26.8 Å². The van der Waals surface area contributed by atoms with Gasteiger partial charge in [-0.3, -0.25) is 9.67 Å². The number of rotatable bonds is 3.